The molecule has 5 rings (SSSR count). The third-order valence-corrected chi connectivity index (χ3v) is 7.38. The van der Waals surface area contributed by atoms with Gasteiger partial charge in [0.15, 0.2) is 0 Å². The van der Waals surface area contributed by atoms with Gasteiger partial charge in [0.1, 0.15) is 0 Å². The molecule has 2 saturated heterocycles. The minimum absolute atomic E-state index is 0.0570. The van der Waals surface area contributed by atoms with Crippen molar-refractivity contribution < 1.29 is 9.90 Å². The number of rotatable bonds is 3. The summed E-state index contributed by atoms with van der Waals surface area (Å²) in [6, 6.07) is 26.5. The molecule has 2 aliphatic rings. The standard InChI is InChI=1S/C31H33N3O2/c1-23-9-17-27(18-10-23)32-31(36)33-19-5-6-20-34-28(21-33)30(29(34)22-35)26-15-13-25(14-16-26)12-11-24-7-3-2-4-8-24/h2-4,7-10,13-18,28-30,35H,5-6,19-22H2,1H3,(H,32,36)/t28-,29+,30+/m0/s1. The minimum atomic E-state index is -0.0570. The molecule has 2 aliphatic heterocycles. The first kappa shape index (κ1) is 24.1. The lowest BCUT2D eigenvalue weighted by Gasteiger charge is -2.57. The van der Waals surface area contributed by atoms with Gasteiger partial charge in [-0.25, -0.2) is 4.79 Å². The summed E-state index contributed by atoms with van der Waals surface area (Å²) in [5, 5.41) is 13.3. The molecule has 3 aromatic rings. The molecule has 2 amide bonds. The highest BCUT2D eigenvalue weighted by Gasteiger charge is 2.49. The van der Waals surface area contributed by atoms with E-state index >= 15 is 0 Å². The number of carbonyl (C=O) groups excluding carboxylic acids is 1. The Balaban J connectivity index is 1.31. The molecule has 2 fully saturated rings. The van der Waals surface area contributed by atoms with Crippen LogP contribution in [0.2, 0.25) is 0 Å². The van der Waals surface area contributed by atoms with Crippen LogP contribution in [0.3, 0.4) is 0 Å². The first-order chi connectivity index (χ1) is 17.6. The lowest BCUT2D eigenvalue weighted by molar-refractivity contribution is -0.0585. The van der Waals surface area contributed by atoms with E-state index in [1.807, 2.05) is 66.4 Å². The first-order valence-corrected chi connectivity index (χ1v) is 12.8. The highest BCUT2D eigenvalue weighted by atomic mass is 16.3. The Morgan fingerprint density at radius 2 is 1.58 bits per heavy atom. The van der Waals surface area contributed by atoms with Crippen molar-refractivity contribution in [2.24, 2.45) is 0 Å². The van der Waals surface area contributed by atoms with Crippen LogP contribution in [-0.4, -0.2) is 59.3 Å². The molecule has 0 aromatic heterocycles. The van der Waals surface area contributed by atoms with Crippen LogP contribution < -0.4 is 5.32 Å². The van der Waals surface area contributed by atoms with Crippen LogP contribution in [0.1, 0.15) is 41.0 Å². The quantitative estimate of drug-likeness (QED) is 0.528. The summed E-state index contributed by atoms with van der Waals surface area (Å²) in [6.07, 6.45) is 1.98. The predicted molar refractivity (Wildman–Crippen MR) is 144 cm³/mol. The molecule has 184 valence electrons. The van der Waals surface area contributed by atoms with Crippen molar-refractivity contribution in [1.82, 2.24) is 9.80 Å². The number of urea groups is 1. The fourth-order valence-corrected chi connectivity index (χ4v) is 5.42. The summed E-state index contributed by atoms with van der Waals surface area (Å²) >= 11 is 0. The van der Waals surface area contributed by atoms with Gasteiger partial charge in [0, 0.05) is 47.9 Å². The SMILES string of the molecule is Cc1ccc(NC(=O)N2CCCCN3[C@H](CO)[C@H](c4ccc(C#Cc5ccccc5)cc4)[C@@H]3C2)cc1. The zero-order valence-corrected chi connectivity index (χ0v) is 20.7. The fraction of sp³-hybridized carbons (Fsp3) is 0.323. The van der Waals surface area contributed by atoms with Crippen molar-refractivity contribution in [1.29, 1.82) is 0 Å². The molecule has 0 radical (unpaired) electrons. The molecule has 36 heavy (non-hydrogen) atoms. The van der Waals surface area contributed by atoms with Gasteiger partial charge in [0.05, 0.1) is 6.61 Å². The number of benzene rings is 3. The zero-order chi connectivity index (χ0) is 24.9. The normalized spacial score (nSPS) is 21.7. The molecular formula is C31H33N3O2. The summed E-state index contributed by atoms with van der Waals surface area (Å²) in [5.74, 6) is 6.63. The molecule has 0 spiro atoms. The maximum atomic E-state index is 13.2. The maximum Gasteiger partial charge on any atom is 0.321 e. The summed E-state index contributed by atoms with van der Waals surface area (Å²) < 4.78 is 0. The van der Waals surface area contributed by atoms with Crippen LogP contribution in [0.25, 0.3) is 0 Å². The van der Waals surface area contributed by atoms with E-state index in [2.05, 4.69) is 46.3 Å². The summed E-state index contributed by atoms with van der Waals surface area (Å²) in [6.45, 7) is 4.50. The van der Waals surface area contributed by atoms with Crippen molar-refractivity contribution in [3.8, 4) is 11.8 Å². The Hall–Kier alpha value is -3.59. The van der Waals surface area contributed by atoms with E-state index in [0.29, 0.717) is 6.54 Å². The second-order valence-electron chi connectivity index (χ2n) is 9.77. The van der Waals surface area contributed by atoms with E-state index in [1.54, 1.807) is 0 Å². The molecule has 2 heterocycles. The van der Waals surface area contributed by atoms with Gasteiger partial charge in [-0.1, -0.05) is 59.9 Å². The zero-order valence-electron chi connectivity index (χ0n) is 20.7. The van der Waals surface area contributed by atoms with Crippen molar-refractivity contribution in [2.45, 2.75) is 37.8 Å². The van der Waals surface area contributed by atoms with Crippen LogP contribution in [0.5, 0.6) is 0 Å². The molecular weight excluding hydrogens is 446 g/mol. The van der Waals surface area contributed by atoms with Crippen molar-refractivity contribution in [2.75, 3.05) is 31.6 Å². The molecule has 5 nitrogen and oxygen atoms in total. The number of fused-ring (bicyclic) bond motifs is 1. The lowest BCUT2D eigenvalue weighted by Crippen LogP contribution is -2.68. The van der Waals surface area contributed by atoms with Crippen LogP contribution in [0, 0.1) is 18.8 Å². The molecule has 0 unspecified atom stereocenters. The highest BCUT2D eigenvalue weighted by Crippen LogP contribution is 2.42. The monoisotopic (exact) mass is 479 g/mol. The third kappa shape index (κ3) is 5.31. The van der Waals surface area contributed by atoms with Gasteiger partial charge in [-0.2, -0.15) is 0 Å². The average molecular weight is 480 g/mol. The number of hydrogen-bond acceptors (Lipinski definition) is 3. The van der Waals surface area contributed by atoms with Gasteiger partial charge < -0.3 is 15.3 Å². The Morgan fingerprint density at radius 1 is 0.917 bits per heavy atom. The van der Waals surface area contributed by atoms with Gasteiger partial charge in [0.2, 0.25) is 0 Å². The second kappa shape index (κ2) is 11.0. The molecule has 3 atom stereocenters. The van der Waals surface area contributed by atoms with Gasteiger partial charge in [-0.15, -0.1) is 0 Å². The van der Waals surface area contributed by atoms with E-state index in [0.717, 1.165) is 42.7 Å². The number of aliphatic hydroxyl groups excluding tert-OH is 1. The maximum absolute atomic E-state index is 13.2. The van der Waals surface area contributed by atoms with Crippen LogP contribution in [0.15, 0.2) is 78.9 Å². The number of aliphatic hydroxyl groups is 1. The number of nitrogens with one attached hydrogen (secondary N) is 1. The van der Waals surface area contributed by atoms with Crippen molar-refractivity contribution in [3.05, 3.63) is 101 Å². The Kier molecular flexibility index (Phi) is 7.36. The molecule has 0 saturated carbocycles. The van der Waals surface area contributed by atoms with Crippen molar-refractivity contribution >= 4 is 11.7 Å². The number of nitrogens with zero attached hydrogens (tertiary/aromatic N) is 2. The number of aryl methyl sites for hydroxylation is 1. The lowest BCUT2D eigenvalue weighted by atomic mass is 9.74. The number of hydrogen-bond donors (Lipinski definition) is 2. The Bertz CT molecular complexity index is 1230. The molecule has 5 heteroatoms. The van der Waals surface area contributed by atoms with Crippen molar-refractivity contribution in [3.63, 3.8) is 0 Å². The Labute approximate surface area is 213 Å². The van der Waals surface area contributed by atoms with E-state index in [9.17, 15) is 9.90 Å². The van der Waals surface area contributed by atoms with Gasteiger partial charge >= 0.3 is 6.03 Å². The van der Waals surface area contributed by atoms with Gasteiger partial charge in [-0.05, 0) is 68.3 Å². The highest BCUT2D eigenvalue weighted by molar-refractivity contribution is 5.89. The smallest absolute Gasteiger partial charge is 0.321 e. The molecule has 2 N–H and O–H groups in total. The van der Waals surface area contributed by atoms with E-state index in [1.165, 1.54) is 11.1 Å². The van der Waals surface area contributed by atoms with Gasteiger partial charge in [-0.3, -0.25) is 4.90 Å². The van der Waals surface area contributed by atoms with E-state index in [4.69, 9.17) is 0 Å². The number of carbonyl (C=O) groups is 1. The number of amides is 2. The van der Waals surface area contributed by atoms with Crippen LogP contribution in [0.4, 0.5) is 10.5 Å². The first-order valence-electron chi connectivity index (χ1n) is 12.8. The fourth-order valence-electron chi connectivity index (χ4n) is 5.42. The molecule has 0 aliphatic carbocycles. The minimum Gasteiger partial charge on any atom is -0.395 e. The van der Waals surface area contributed by atoms with E-state index in [-0.39, 0.29) is 30.6 Å². The number of anilines is 1. The summed E-state index contributed by atoms with van der Waals surface area (Å²) in [7, 11) is 0. The largest absolute Gasteiger partial charge is 0.395 e. The van der Waals surface area contributed by atoms with Gasteiger partial charge in [0.25, 0.3) is 0 Å². The average Bonchev–Trinajstić information content (AvgIpc) is 2.89. The third-order valence-electron chi connectivity index (χ3n) is 7.38. The topological polar surface area (TPSA) is 55.8 Å². The van der Waals surface area contributed by atoms with E-state index < -0.39 is 0 Å². The summed E-state index contributed by atoms with van der Waals surface area (Å²) in [4.78, 5) is 17.5. The molecule has 0 bridgehead atoms. The second-order valence-corrected chi connectivity index (χ2v) is 9.77. The van der Waals surface area contributed by atoms with Crippen LogP contribution in [-0.2, 0) is 0 Å². The summed E-state index contributed by atoms with van der Waals surface area (Å²) in [5.41, 5.74) is 5.14. The van der Waals surface area contributed by atoms with Crippen LogP contribution >= 0.6 is 0 Å². The Morgan fingerprint density at radius 3 is 2.28 bits per heavy atom. The predicted octanol–water partition coefficient (Wildman–Crippen LogP) is 4.85. The molecule has 3 aromatic carbocycles.